The number of ether oxygens (including phenoxy) is 2. The lowest BCUT2D eigenvalue weighted by Crippen LogP contribution is -2.12. The fraction of sp³-hybridized carbons (Fsp3) is 0.182. The molecule has 4 heteroatoms. The van der Waals surface area contributed by atoms with Crippen molar-refractivity contribution in [3.63, 3.8) is 0 Å². The van der Waals surface area contributed by atoms with Gasteiger partial charge >= 0.3 is 0 Å². The van der Waals surface area contributed by atoms with E-state index >= 15 is 0 Å². The van der Waals surface area contributed by atoms with E-state index in [9.17, 15) is 0 Å². The third-order valence-corrected chi connectivity index (χ3v) is 2.27. The summed E-state index contributed by atoms with van der Waals surface area (Å²) < 4.78 is 10.4. The molecule has 15 heavy (non-hydrogen) atoms. The summed E-state index contributed by atoms with van der Waals surface area (Å²) in [6, 6.07) is 3.69. The highest BCUT2D eigenvalue weighted by Crippen LogP contribution is 2.37. The lowest BCUT2D eigenvalue weighted by Gasteiger charge is -2.16. The Hall–Kier alpha value is -1.97. The fourth-order valence-corrected chi connectivity index (χ4v) is 1.47. The van der Waals surface area contributed by atoms with Gasteiger partial charge in [0.2, 0.25) is 0 Å². The summed E-state index contributed by atoms with van der Waals surface area (Å²) in [4.78, 5) is 4.19. The lowest BCUT2D eigenvalue weighted by atomic mass is 10.1. The van der Waals surface area contributed by atoms with Crippen LogP contribution in [0.1, 0.15) is 5.56 Å². The molecule has 0 saturated carbocycles. The molecule has 0 fully saturated rings. The van der Waals surface area contributed by atoms with Crippen LogP contribution in [-0.2, 0) is 0 Å². The number of nitrogens with zero attached hydrogens (tertiary/aromatic N) is 1. The second-order valence-corrected chi connectivity index (χ2v) is 3.11. The molecule has 0 saturated heterocycles. The van der Waals surface area contributed by atoms with Gasteiger partial charge in [-0.1, -0.05) is 6.58 Å². The molecule has 0 bridgehead atoms. The van der Waals surface area contributed by atoms with E-state index in [0.29, 0.717) is 11.5 Å². The van der Waals surface area contributed by atoms with Crippen LogP contribution in [-0.4, -0.2) is 20.6 Å². The molecule has 1 aliphatic rings. The lowest BCUT2D eigenvalue weighted by molar-refractivity contribution is 0.355. The highest BCUT2D eigenvalue weighted by molar-refractivity contribution is 5.87. The average Bonchev–Trinajstić information content (AvgIpc) is 2.28. The minimum absolute atomic E-state index is 0.670. The van der Waals surface area contributed by atoms with Crippen LogP contribution >= 0.6 is 0 Å². The molecular formula is C11H12N2O2. The molecule has 1 N–H and O–H groups in total. The summed E-state index contributed by atoms with van der Waals surface area (Å²) in [5.41, 5.74) is 2.56. The predicted molar refractivity (Wildman–Crippen MR) is 59.9 cm³/mol. The number of fused-ring (bicyclic) bond motifs is 1. The highest BCUT2D eigenvalue weighted by Gasteiger charge is 2.14. The number of hydrogen-bond acceptors (Lipinski definition) is 4. The molecule has 1 aromatic carbocycles. The largest absolute Gasteiger partial charge is 0.493 e. The topological polar surface area (TPSA) is 42.9 Å². The Labute approximate surface area is 88.2 Å². The number of benzene rings is 1. The van der Waals surface area contributed by atoms with Crippen molar-refractivity contribution in [2.24, 2.45) is 4.99 Å². The Balaban J connectivity index is 2.59. The number of hydrogen-bond donors (Lipinski definition) is 1. The van der Waals surface area contributed by atoms with Crippen molar-refractivity contribution in [2.45, 2.75) is 0 Å². The van der Waals surface area contributed by atoms with Crippen LogP contribution in [0.4, 0.5) is 5.69 Å². The SMILES string of the molecule is C=C1NC=Nc2cc(OC)c(OC)cc21. The van der Waals surface area contributed by atoms with Gasteiger partial charge in [0.15, 0.2) is 11.5 Å². The van der Waals surface area contributed by atoms with E-state index in [4.69, 9.17) is 9.47 Å². The zero-order valence-electron chi connectivity index (χ0n) is 8.70. The molecule has 0 amide bonds. The minimum Gasteiger partial charge on any atom is -0.493 e. The molecular weight excluding hydrogens is 192 g/mol. The van der Waals surface area contributed by atoms with E-state index in [1.807, 2.05) is 12.1 Å². The molecule has 78 valence electrons. The molecule has 0 aromatic heterocycles. The molecule has 1 aromatic rings. The Morgan fingerprint density at radius 3 is 2.53 bits per heavy atom. The standard InChI is InChI=1S/C11H12N2O2/c1-7-8-4-10(14-2)11(15-3)5-9(8)13-6-12-7/h4-6H,1H2,2-3H3,(H,12,13). The monoisotopic (exact) mass is 204 g/mol. The zero-order chi connectivity index (χ0) is 10.8. The Morgan fingerprint density at radius 2 is 1.87 bits per heavy atom. The van der Waals surface area contributed by atoms with Crippen molar-refractivity contribution in [3.05, 3.63) is 24.3 Å². The van der Waals surface area contributed by atoms with Crippen molar-refractivity contribution in [3.8, 4) is 11.5 Å². The predicted octanol–water partition coefficient (Wildman–Crippen LogP) is 1.94. The van der Waals surface area contributed by atoms with Crippen LogP contribution in [0.2, 0.25) is 0 Å². The maximum atomic E-state index is 5.20. The quantitative estimate of drug-likeness (QED) is 0.800. The first-order valence-corrected chi connectivity index (χ1v) is 4.50. The van der Waals surface area contributed by atoms with Gasteiger partial charge in [-0.25, -0.2) is 4.99 Å². The van der Waals surface area contributed by atoms with E-state index in [2.05, 4.69) is 16.9 Å². The zero-order valence-corrected chi connectivity index (χ0v) is 8.70. The highest BCUT2D eigenvalue weighted by atomic mass is 16.5. The van der Waals surface area contributed by atoms with Gasteiger partial charge in [0.25, 0.3) is 0 Å². The maximum Gasteiger partial charge on any atom is 0.162 e. The summed E-state index contributed by atoms with van der Waals surface area (Å²) in [5.74, 6) is 1.35. The first-order chi connectivity index (χ1) is 7.26. The fourth-order valence-electron chi connectivity index (χ4n) is 1.47. The van der Waals surface area contributed by atoms with Crippen LogP contribution in [0, 0.1) is 0 Å². The molecule has 0 atom stereocenters. The van der Waals surface area contributed by atoms with Crippen LogP contribution in [0.25, 0.3) is 5.70 Å². The number of nitrogens with one attached hydrogen (secondary N) is 1. The number of rotatable bonds is 2. The van der Waals surface area contributed by atoms with Crippen LogP contribution < -0.4 is 14.8 Å². The van der Waals surface area contributed by atoms with Crippen LogP contribution in [0.3, 0.4) is 0 Å². The van der Waals surface area contributed by atoms with E-state index in [1.54, 1.807) is 20.6 Å². The van der Waals surface area contributed by atoms with E-state index < -0.39 is 0 Å². The number of aliphatic imine (C=N–C) groups is 1. The van der Waals surface area contributed by atoms with Crippen LogP contribution in [0.15, 0.2) is 23.7 Å². The van der Waals surface area contributed by atoms with Gasteiger partial charge in [0.05, 0.1) is 26.2 Å². The van der Waals surface area contributed by atoms with Crippen molar-refractivity contribution < 1.29 is 9.47 Å². The van der Waals surface area contributed by atoms with Gasteiger partial charge < -0.3 is 14.8 Å². The second-order valence-electron chi connectivity index (χ2n) is 3.11. The van der Waals surface area contributed by atoms with Crippen molar-refractivity contribution in [1.29, 1.82) is 0 Å². The minimum atomic E-state index is 0.670. The second kappa shape index (κ2) is 3.65. The Kier molecular flexibility index (Phi) is 2.33. The van der Waals surface area contributed by atoms with E-state index in [-0.39, 0.29) is 0 Å². The first-order valence-electron chi connectivity index (χ1n) is 4.50. The van der Waals surface area contributed by atoms with Gasteiger partial charge in [0, 0.05) is 17.3 Å². The third-order valence-electron chi connectivity index (χ3n) is 2.27. The van der Waals surface area contributed by atoms with Crippen molar-refractivity contribution in [1.82, 2.24) is 5.32 Å². The maximum absolute atomic E-state index is 5.20. The smallest absolute Gasteiger partial charge is 0.162 e. The van der Waals surface area contributed by atoms with Gasteiger partial charge in [-0.05, 0) is 6.07 Å². The number of methoxy groups -OCH3 is 2. The molecule has 0 spiro atoms. The Bertz CT molecular complexity index is 438. The van der Waals surface area contributed by atoms with E-state index in [1.165, 1.54) is 0 Å². The van der Waals surface area contributed by atoms with Gasteiger partial charge in [-0.15, -0.1) is 0 Å². The summed E-state index contributed by atoms with van der Waals surface area (Å²) in [7, 11) is 3.20. The summed E-state index contributed by atoms with van der Waals surface area (Å²) >= 11 is 0. The molecule has 0 aliphatic carbocycles. The molecule has 1 aliphatic heterocycles. The summed E-state index contributed by atoms with van der Waals surface area (Å²) in [5, 5.41) is 2.94. The van der Waals surface area contributed by atoms with Crippen molar-refractivity contribution >= 4 is 17.7 Å². The first kappa shape index (κ1) is 9.58. The normalized spacial score (nSPS) is 13.1. The molecule has 1 heterocycles. The van der Waals surface area contributed by atoms with E-state index in [0.717, 1.165) is 16.9 Å². The van der Waals surface area contributed by atoms with Gasteiger partial charge in [-0.3, -0.25) is 0 Å². The average molecular weight is 204 g/mol. The van der Waals surface area contributed by atoms with Crippen molar-refractivity contribution in [2.75, 3.05) is 14.2 Å². The molecule has 0 radical (unpaired) electrons. The molecule has 2 rings (SSSR count). The Morgan fingerprint density at radius 1 is 1.20 bits per heavy atom. The third kappa shape index (κ3) is 1.54. The van der Waals surface area contributed by atoms with Gasteiger partial charge in [0.1, 0.15) is 0 Å². The van der Waals surface area contributed by atoms with Crippen LogP contribution in [0.5, 0.6) is 11.5 Å². The van der Waals surface area contributed by atoms with Gasteiger partial charge in [-0.2, -0.15) is 0 Å². The summed E-state index contributed by atoms with van der Waals surface area (Å²) in [6.45, 7) is 3.89. The summed E-state index contributed by atoms with van der Waals surface area (Å²) in [6.07, 6.45) is 1.61. The molecule has 4 nitrogen and oxygen atoms in total. The molecule has 0 unspecified atom stereocenters.